The molecule has 6 rings (SSSR count). The summed E-state index contributed by atoms with van der Waals surface area (Å²) in [4.78, 5) is 24.8. The number of anilines is 1. The molecule has 1 aromatic rings. The molecule has 0 N–H and O–H groups in total. The van der Waals surface area contributed by atoms with Crippen molar-refractivity contribution in [3.63, 3.8) is 0 Å². The molecule has 3 unspecified atom stereocenters. The number of hydrogen-bond donors (Lipinski definition) is 0. The Bertz CT molecular complexity index is 1210. The summed E-state index contributed by atoms with van der Waals surface area (Å²) >= 11 is 0. The van der Waals surface area contributed by atoms with Crippen LogP contribution in [0.2, 0.25) is 0 Å². The van der Waals surface area contributed by atoms with Crippen molar-refractivity contribution in [2.75, 3.05) is 31.1 Å². The second-order valence-corrected chi connectivity index (χ2v) is 9.46. The lowest BCUT2D eigenvalue weighted by molar-refractivity contribution is -0.134. The van der Waals surface area contributed by atoms with E-state index < -0.39 is 0 Å². The first kappa shape index (κ1) is 20.9. The van der Waals surface area contributed by atoms with Crippen LogP contribution >= 0.6 is 0 Å². The lowest BCUT2D eigenvalue weighted by atomic mass is 9.99. The maximum atomic E-state index is 13.5. The molecule has 7 nitrogen and oxygen atoms in total. The van der Waals surface area contributed by atoms with Gasteiger partial charge < -0.3 is 14.2 Å². The van der Waals surface area contributed by atoms with E-state index in [4.69, 9.17) is 9.68 Å². The molecule has 0 saturated carbocycles. The number of nitriles is 1. The van der Waals surface area contributed by atoms with Gasteiger partial charge in [-0.2, -0.15) is 5.26 Å². The molecular formula is C27H27N5O2. The van der Waals surface area contributed by atoms with Crippen molar-refractivity contribution < 1.29 is 9.21 Å². The molecule has 2 saturated heterocycles. The first-order chi connectivity index (χ1) is 16.7. The zero-order chi connectivity index (χ0) is 23.1. The van der Waals surface area contributed by atoms with Gasteiger partial charge in [-0.15, -0.1) is 0 Å². The van der Waals surface area contributed by atoms with Crippen molar-refractivity contribution in [1.29, 1.82) is 5.26 Å². The number of carbonyl (C=O) groups is 1. The van der Waals surface area contributed by atoms with E-state index in [1.54, 1.807) is 12.5 Å². The first-order valence-electron chi connectivity index (χ1n) is 12.0. The third-order valence-electron chi connectivity index (χ3n) is 7.45. The molecule has 0 spiro atoms. The summed E-state index contributed by atoms with van der Waals surface area (Å²) < 4.78 is 5.82. The number of carbonyl (C=O) groups excluding carboxylic acids is 1. The lowest BCUT2D eigenvalue weighted by Crippen LogP contribution is -2.56. The predicted molar refractivity (Wildman–Crippen MR) is 128 cm³/mol. The van der Waals surface area contributed by atoms with Crippen LogP contribution in [0.1, 0.15) is 36.4 Å². The van der Waals surface area contributed by atoms with E-state index in [1.165, 1.54) is 0 Å². The number of piperazine rings is 1. The molecule has 5 heterocycles. The molecule has 172 valence electrons. The fraction of sp³-hybridized carbons (Fsp3) is 0.370. The summed E-state index contributed by atoms with van der Waals surface area (Å²) in [7, 11) is 0. The number of likely N-dealkylation sites (tertiary alicyclic amines) is 1. The van der Waals surface area contributed by atoms with Crippen LogP contribution < -0.4 is 4.90 Å². The van der Waals surface area contributed by atoms with Gasteiger partial charge in [-0.05, 0) is 43.5 Å². The third kappa shape index (κ3) is 3.64. The van der Waals surface area contributed by atoms with Crippen LogP contribution in [0.4, 0.5) is 5.82 Å². The van der Waals surface area contributed by atoms with E-state index in [2.05, 4.69) is 45.1 Å². The van der Waals surface area contributed by atoms with Crippen molar-refractivity contribution in [2.45, 2.75) is 37.4 Å². The monoisotopic (exact) mass is 453 g/mol. The maximum Gasteiger partial charge on any atom is 0.237 e. The summed E-state index contributed by atoms with van der Waals surface area (Å²) in [5, 5.41) is 9.06. The summed E-state index contributed by atoms with van der Waals surface area (Å²) in [6.45, 7) is 2.77. The second-order valence-electron chi connectivity index (χ2n) is 9.46. The summed E-state index contributed by atoms with van der Waals surface area (Å²) in [5.74, 6) is 1.98. The molecule has 34 heavy (non-hydrogen) atoms. The number of amides is 1. The van der Waals surface area contributed by atoms with Gasteiger partial charge in [0.15, 0.2) is 0 Å². The minimum Gasteiger partial charge on any atom is -0.464 e. The van der Waals surface area contributed by atoms with Crippen molar-refractivity contribution in [1.82, 2.24) is 14.8 Å². The molecule has 4 aliphatic heterocycles. The Hall–Kier alpha value is -3.63. The van der Waals surface area contributed by atoms with E-state index in [1.807, 2.05) is 29.2 Å². The van der Waals surface area contributed by atoms with E-state index >= 15 is 0 Å². The first-order valence-corrected chi connectivity index (χ1v) is 12.0. The average Bonchev–Trinajstić information content (AvgIpc) is 3.42. The van der Waals surface area contributed by atoms with Crippen LogP contribution in [0.5, 0.6) is 0 Å². The highest BCUT2D eigenvalue weighted by molar-refractivity contribution is 5.80. The SMILES string of the molecule is N#Cc1ccc(N2C3CCC2CN(CC(=O)N2CC=CCC2c2ccc4cccoc2-4)C3)nc1. The average molecular weight is 454 g/mol. The van der Waals surface area contributed by atoms with Crippen molar-refractivity contribution >= 4 is 11.7 Å². The molecule has 1 amide bonds. The van der Waals surface area contributed by atoms with Gasteiger partial charge in [0, 0.05) is 49.0 Å². The smallest absolute Gasteiger partial charge is 0.237 e. The number of aromatic nitrogens is 1. The van der Waals surface area contributed by atoms with Crippen molar-refractivity contribution in [3.05, 3.63) is 72.1 Å². The molecule has 0 aromatic carbocycles. The molecule has 1 aromatic heterocycles. The van der Waals surface area contributed by atoms with Crippen LogP contribution in [-0.4, -0.2) is 59.0 Å². The standard InChI is InChI=1S/C27H27N5O2/c28-14-19-6-11-25(29-15-19)32-21-8-9-22(32)17-30(16-21)18-26(33)31-12-2-1-5-24(31)23-10-7-20-4-3-13-34-27(20)23/h1-4,6-7,10-11,13,15,21-22,24H,5,8-9,12,16-18H2. The fourth-order valence-corrected chi connectivity index (χ4v) is 5.90. The van der Waals surface area contributed by atoms with Gasteiger partial charge in [-0.3, -0.25) is 9.69 Å². The molecule has 2 bridgehead atoms. The van der Waals surface area contributed by atoms with Gasteiger partial charge in [0.25, 0.3) is 0 Å². The van der Waals surface area contributed by atoms with Gasteiger partial charge in [0.2, 0.25) is 5.91 Å². The predicted octanol–water partition coefficient (Wildman–Crippen LogP) is 3.83. The number of rotatable bonds is 4. The largest absolute Gasteiger partial charge is 0.464 e. The number of nitrogens with zero attached hydrogens (tertiary/aromatic N) is 5. The number of pyridine rings is 1. The quantitative estimate of drug-likeness (QED) is 0.559. The highest BCUT2D eigenvalue weighted by atomic mass is 16.3. The highest BCUT2D eigenvalue weighted by Crippen LogP contribution is 2.38. The number of fused-ring (bicyclic) bond motifs is 3. The van der Waals surface area contributed by atoms with Gasteiger partial charge in [-0.1, -0.05) is 24.3 Å². The van der Waals surface area contributed by atoms with Crippen LogP contribution in [0, 0.1) is 11.3 Å². The van der Waals surface area contributed by atoms with Crippen LogP contribution in [-0.2, 0) is 4.79 Å². The van der Waals surface area contributed by atoms with Gasteiger partial charge in [0.05, 0.1) is 24.4 Å². The van der Waals surface area contributed by atoms with E-state index in [0.29, 0.717) is 30.7 Å². The molecule has 0 radical (unpaired) electrons. The van der Waals surface area contributed by atoms with Gasteiger partial charge in [0.1, 0.15) is 17.6 Å². The van der Waals surface area contributed by atoms with Crippen LogP contribution in [0.25, 0.3) is 11.3 Å². The second kappa shape index (κ2) is 8.62. The van der Waals surface area contributed by atoms with Gasteiger partial charge in [-0.25, -0.2) is 4.98 Å². The van der Waals surface area contributed by atoms with Crippen molar-refractivity contribution in [3.8, 4) is 17.4 Å². The molecular weight excluding hydrogens is 426 g/mol. The highest BCUT2D eigenvalue weighted by Gasteiger charge is 2.41. The molecule has 1 aliphatic carbocycles. The Morgan fingerprint density at radius 3 is 2.74 bits per heavy atom. The fourth-order valence-electron chi connectivity index (χ4n) is 5.90. The molecule has 5 aliphatic rings. The van der Waals surface area contributed by atoms with Gasteiger partial charge >= 0.3 is 0 Å². The zero-order valence-electron chi connectivity index (χ0n) is 19.0. The summed E-state index contributed by atoms with van der Waals surface area (Å²) in [6.07, 6.45) is 10.6. The molecule has 3 atom stereocenters. The number of hydrogen-bond acceptors (Lipinski definition) is 6. The Kier molecular flexibility index (Phi) is 5.31. The maximum absolute atomic E-state index is 13.5. The minimum absolute atomic E-state index is 0.00186. The van der Waals surface area contributed by atoms with E-state index in [9.17, 15) is 4.79 Å². The van der Waals surface area contributed by atoms with E-state index in [-0.39, 0.29) is 11.9 Å². The van der Waals surface area contributed by atoms with Crippen LogP contribution in [0.15, 0.2) is 65.4 Å². The Labute approximate surface area is 199 Å². The van der Waals surface area contributed by atoms with Crippen molar-refractivity contribution in [2.24, 2.45) is 0 Å². The lowest BCUT2D eigenvalue weighted by Gasteiger charge is -2.42. The Balaban J connectivity index is 1.16. The molecule has 2 fully saturated rings. The van der Waals surface area contributed by atoms with Crippen LogP contribution in [0.3, 0.4) is 0 Å². The summed E-state index contributed by atoms with van der Waals surface area (Å²) in [5.41, 5.74) is 2.74. The topological polar surface area (TPSA) is 76.6 Å². The molecule has 7 heteroatoms. The summed E-state index contributed by atoms with van der Waals surface area (Å²) in [6, 6.07) is 14.7. The Morgan fingerprint density at radius 1 is 1.12 bits per heavy atom. The van der Waals surface area contributed by atoms with E-state index in [0.717, 1.165) is 55.1 Å². The minimum atomic E-state index is 0.00186. The normalized spacial score (nSPS) is 24.5. The third-order valence-corrected chi connectivity index (χ3v) is 7.45. The zero-order valence-corrected chi connectivity index (χ0v) is 19.0. The Morgan fingerprint density at radius 2 is 1.97 bits per heavy atom.